The molecule has 0 unspecified atom stereocenters. The molecule has 0 aliphatic carbocycles. The number of hydrogen-bond donors (Lipinski definition) is 1. The number of aryl methyl sites for hydroxylation is 2. The van der Waals surface area contributed by atoms with Crippen LogP contribution in [0.1, 0.15) is 32.6 Å². The Bertz CT molecular complexity index is 1250. The number of nitrogens with one attached hydrogen (secondary N) is 1. The SMILES string of the molecule is Cc1ccc(CNS(=O)(=O)c2cc(-c3nc(C)c(C(=O)N4CCOCC4)s3)n(C)c2C)o1. The lowest BCUT2D eigenvalue weighted by atomic mass is 10.3. The Kier molecular flexibility index (Phi) is 6.26. The van der Waals surface area contributed by atoms with Crippen LogP contribution in [0.4, 0.5) is 0 Å². The number of morpholine rings is 1. The molecule has 9 nitrogen and oxygen atoms in total. The summed E-state index contributed by atoms with van der Waals surface area (Å²) in [5, 5.41) is 0.604. The Morgan fingerprint density at radius 1 is 1.22 bits per heavy atom. The minimum Gasteiger partial charge on any atom is -0.465 e. The number of amides is 1. The highest BCUT2D eigenvalue weighted by Gasteiger charge is 2.27. The van der Waals surface area contributed by atoms with Crippen LogP contribution >= 0.6 is 11.3 Å². The van der Waals surface area contributed by atoms with Crippen molar-refractivity contribution >= 4 is 27.3 Å². The molecule has 0 aromatic carbocycles. The van der Waals surface area contributed by atoms with Crippen LogP contribution in [-0.2, 0) is 28.4 Å². The highest BCUT2D eigenvalue weighted by Crippen LogP contribution is 2.33. The molecule has 4 heterocycles. The Morgan fingerprint density at radius 2 is 1.94 bits per heavy atom. The lowest BCUT2D eigenvalue weighted by molar-refractivity contribution is 0.0305. The average Bonchev–Trinajstić information content (AvgIpc) is 3.45. The van der Waals surface area contributed by atoms with Crippen molar-refractivity contribution in [2.45, 2.75) is 32.2 Å². The average molecular weight is 479 g/mol. The molecule has 3 aromatic rings. The number of thiazole rings is 1. The Balaban J connectivity index is 1.60. The van der Waals surface area contributed by atoms with Crippen LogP contribution in [0.2, 0.25) is 0 Å². The van der Waals surface area contributed by atoms with E-state index in [1.165, 1.54) is 11.3 Å². The van der Waals surface area contributed by atoms with Gasteiger partial charge in [-0.2, -0.15) is 0 Å². The Morgan fingerprint density at radius 3 is 2.59 bits per heavy atom. The first kappa shape index (κ1) is 22.7. The number of nitrogens with zero attached hydrogens (tertiary/aromatic N) is 3. The van der Waals surface area contributed by atoms with Gasteiger partial charge < -0.3 is 18.6 Å². The highest BCUT2D eigenvalue weighted by atomic mass is 32.2. The summed E-state index contributed by atoms with van der Waals surface area (Å²) in [6, 6.07) is 5.13. The first-order valence-corrected chi connectivity index (χ1v) is 12.5. The molecule has 1 aliphatic heterocycles. The topological polar surface area (TPSA) is 107 Å². The van der Waals surface area contributed by atoms with E-state index < -0.39 is 10.0 Å². The number of carbonyl (C=O) groups is 1. The predicted octanol–water partition coefficient (Wildman–Crippen LogP) is 2.62. The Labute approximate surface area is 191 Å². The van der Waals surface area contributed by atoms with Crippen LogP contribution in [0.3, 0.4) is 0 Å². The monoisotopic (exact) mass is 478 g/mol. The van der Waals surface area contributed by atoms with Gasteiger partial charge in [-0.3, -0.25) is 4.79 Å². The molecule has 0 radical (unpaired) electrons. The molecular formula is C21H26N4O5S2. The maximum Gasteiger partial charge on any atom is 0.266 e. The molecule has 0 bridgehead atoms. The van der Waals surface area contributed by atoms with E-state index in [4.69, 9.17) is 9.15 Å². The van der Waals surface area contributed by atoms with Gasteiger partial charge in [0.2, 0.25) is 10.0 Å². The van der Waals surface area contributed by atoms with Gasteiger partial charge in [0.05, 0.1) is 31.1 Å². The third-order valence-corrected chi connectivity index (χ3v) is 8.20. The van der Waals surface area contributed by atoms with Crippen molar-refractivity contribution in [3.05, 3.63) is 46.0 Å². The standard InChI is InChI=1S/C21H26N4O5S2/c1-13-5-6-16(30-13)12-22-32(27,28)18-11-17(24(4)15(18)3)20-23-14(2)19(31-20)21(26)25-7-9-29-10-8-25/h5-6,11,22H,7-10,12H2,1-4H3. The van der Waals surface area contributed by atoms with Crippen molar-refractivity contribution in [2.75, 3.05) is 26.3 Å². The second kappa shape index (κ2) is 8.81. The first-order chi connectivity index (χ1) is 15.2. The van der Waals surface area contributed by atoms with E-state index >= 15 is 0 Å². The van der Waals surface area contributed by atoms with Gasteiger partial charge in [-0.1, -0.05) is 0 Å². The maximum atomic E-state index is 13.0. The van der Waals surface area contributed by atoms with Crippen molar-refractivity contribution in [2.24, 2.45) is 7.05 Å². The maximum absolute atomic E-state index is 13.0. The van der Waals surface area contributed by atoms with E-state index in [0.717, 1.165) is 5.76 Å². The van der Waals surface area contributed by atoms with Crippen LogP contribution in [0.15, 0.2) is 27.5 Å². The summed E-state index contributed by atoms with van der Waals surface area (Å²) >= 11 is 1.28. The number of sulfonamides is 1. The lowest BCUT2D eigenvalue weighted by Gasteiger charge is -2.26. The van der Waals surface area contributed by atoms with Gasteiger partial charge in [-0.05, 0) is 39.0 Å². The summed E-state index contributed by atoms with van der Waals surface area (Å²) in [5.41, 5.74) is 1.86. The molecule has 0 atom stereocenters. The van der Waals surface area contributed by atoms with Gasteiger partial charge in [0.25, 0.3) is 5.91 Å². The van der Waals surface area contributed by atoms with E-state index in [1.807, 2.05) is 0 Å². The number of rotatable bonds is 6. The Hall–Kier alpha value is -2.47. The summed E-state index contributed by atoms with van der Waals surface area (Å²) in [5.74, 6) is 1.20. The molecule has 0 saturated carbocycles. The second-order valence-corrected chi connectivity index (χ2v) is 10.4. The predicted molar refractivity (Wildman–Crippen MR) is 120 cm³/mol. The van der Waals surface area contributed by atoms with Gasteiger partial charge >= 0.3 is 0 Å². The molecule has 1 aliphatic rings. The third kappa shape index (κ3) is 4.38. The van der Waals surface area contributed by atoms with Gasteiger partial charge in [-0.25, -0.2) is 18.1 Å². The summed E-state index contributed by atoms with van der Waals surface area (Å²) < 4.78 is 41.1. The van der Waals surface area contributed by atoms with Crippen molar-refractivity contribution < 1.29 is 22.4 Å². The summed E-state index contributed by atoms with van der Waals surface area (Å²) in [7, 11) is -1.98. The number of ether oxygens (including phenoxy) is 1. The molecule has 0 spiro atoms. The van der Waals surface area contributed by atoms with E-state index in [0.29, 0.717) is 59.0 Å². The van der Waals surface area contributed by atoms with Crippen molar-refractivity contribution in [1.29, 1.82) is 0 Å². The fourth-order valence-electron chi connectivity index (χ4n) is 3.59. The van der Waals surface area contributed by atoms with Crippen molar-refractivity contribution in [1.82, 2.24) is 19.2 Å². The van der Waals surface area contributed by atoms with Crippen LogP contribution in [0.5, 0.6) is 0 Å². The highest BCUT2D eigenvalue weighted by molar-refractivity contribution is 7.89. The van der Waals surface area contributed by atoms with Gasteiger partial charge in [-0.15, -0.1) is 11.3 Å². The van der Waals surface area contributed by atoms with Crippen molar-refractivity contribution in [3.63, 3.8) is 0 Å². The molecule has 3 aromatic heterocycles. The second-order valence-electron chi connectivity index (χ2n) is 7.71. The molecular weight excluding hydrogens is 452 g/mol. The van der Waals surface area contributed by atoms with E-state index in [1.54, 1.807) is 55.5 Å². The molecule has 32 heavy (non-hydrogen) atoms. The number of furan rings is 1. The van der Waals surface area contributed by atoms with Crippen molar-refractivity contribution in [3.8, 4) is 10.7 Å². The molecule has 11 heteroatoms. The normalized spacial score (nSPS) is 14.8. The zero-order valence-corrected chi connectivity index (χ0v) is 20.1. The smallest absolute Gasteiger partial charge is 0.266 e. The molecule has 1 amide bonds. The molecule has 1 fully saturated rings. The number of aromatic nitrogens is 2. The van der Waals surface area contributed by atoms with Gasteiger partial charge in [0.1, 0.15) is 26.3 Å². The fourth-order valence-corrected chi connectivity index (χ4v) is 5.95. The zero-order chi connectivity index (χ0) is 23.0. The van der Waals surface area contributed by atoms with Gasteiger partial charge in [0.15, 0.2) is 0 Å². The van der Waals surface area contributed by atoms with Crippen LogP contribution < -0.4 is 4.72 Å². The molecule has 172 valence electrons. The largest absolute Gasteiger partial charge is 0.465 e. The van der Waals surface area contributed by atoms with Crippen LogP contribution in [0, 0.1) is 20.8 Å². The summed E-state index contributed by atoms with van der Waals surface area (Å²) in [4.78, 5) is 20.0. The summed E-state index contributed by atoms with van der Waals surface area (Å²) in [6.45, 7) is 7.58. The van der Waals surface area contributed by atoms with E-state index in [9.17, 15) is 13.2 Å². The molecule has 1 N–H and O–H groups in total. The van der Waals surface area contributed by atoms with E-state index in [-0.39, 0.29) is 17.3 Å². The lowest BCUT2D eigenvalue weighted by Crippen LogP contribution is -2.40. The fraction of sp³-hybridized carbons (Fsp3) is 0.429. The first-order valence-electron chi connectivity index (χ1n) is 10.2. The molecule has 1 saturated heterocycles. The summed E-state index contributed by atoms with van der Waals surface area (Å²) in [6.07, 6.45) is 0. The minimum absolute atomic E-state index is 0.0639. The zero-order valence-electron chi connectivity index (χ0n) is 18.5. The minimum atomic E-state index is -3.77. The number of carbonyl (C=O) groups excluding carboxylic acids is 1. The molecule has 4 rings (SSSR count). The number of hydrogen-bond acceptors (Lipinski definition) is 7. The van der Waals surface area contributed by atoms with E-state index in [2.05, 4.69) is 9.71 Å². The third-order valence-electron chi connectivity index (χ3n) is 5.52. The quantitative estimate of drug-likeness (QED) is 0.584. The van der Waals surface area contributed by atoms with Crippen LogP contribution in [0.25, 0.3) is 10.7 Å². The van der Waals surface area contributed by atoms with Crippen LogP contribution in [-0.4, -0.2) is 55.1 Å². The van der Waals surface area contributed by atoms with Gasteiger partial charge in [0, 0.05) is 25.8 Å².